The van der Waals surface area contributed by atoms with Gasteiger partial charge >= 0.3 is 0 Å². The number of anilines is 3. The summed E-state index contributed by atoms with van der Waals surface area (Å²) >= 11 is 0. The van der Waals surface area contributed by atoms with Crippen LogP contribution in [0.2, 0.25) is 0 Å². The van der Waals surface area contributed by atoms with Crippen molar-refractivity contribution in [1.82, 2.24) is 19.7 Å². The molecule has 1 aliphatic heterocycles. The van der Waals surface area contributed by atoms with Crippen molar-refractivity contribution in [2.45, 2.75) is 25.3 Å². The molecule has 2 aromatic carbocycles. The molecular formula is C22H24F2N6. The molecule has 6 nitrogen and oxygen atoms in total. The maximum absolute atomic E-state index is 13.5. The van der Waals surface area contributed by atoms with Gasteiger partial charge in [-0.15, -0.1) is 5.10 Å². The van der Waals surface area contributed by atoms with Crippen LogP contribution < -0.4 is 10.2 Å². The minimum atomic E-state index is -2.53. The van der Waals surface area contributed by atoms with E-state index in [2.05, 4.69) is 25.2 Å². The van der Waals surface area contributed by atoms with E-state index >= 15 is 0 Å². The summed E-state index contributed by atoms with van der Waals surface area (Å²) in [6.07, 6.45) is 1.65. The SMILES string of the molecule is FC(F)c1cc(Nc2ncn(-c3ccccc3)n2)cc(N2CCN(C3CC3)CC2)c1. The molecule has 156 valence electrons. The van der Waals surface area contributed by atoms with Crippen LogP contribution in [-0.4, -0.2) is 51.9 Å². The quantitative estimate of drug-likeness (QED) is 0.659. The molecule has 1 saturated heterocycles. The predicted octanol–water partition coefficient (Wildman–Crippen LogP) is 4.23. The number of nitrogens with one attached hydrogen (secondary N) is 1. The molecule has 30 heavy (non-hydrogen) atoms. The molecule has 0 spiro atoms. The zero-order valence-electron chi connectivity index (χ0n) is 16.6. The normalized spacial score (nSPS) is 17.5. The summed E-state index contributed by atoms with van der Waals surface area (Å²) in [4.78, 5) is 8.97. The van der Waals surface area contributed by atoms with Crippen molar-refractivity contribution in [1.29, 1.82) is 0 Å². The molecule has 2 heterocycles. The van der Waals surface area contributed by atoms with Crippen molar-refractivity contribution >= 4 is 17.3 Å². The Labute approximate surface area is 174 Å². The Balaban J connectivity index is 1.35. The van der Waals surface area contributed by atoms with Crippen LogP contribution in [0.1, 0.15) is 24.8 Å². The van der Waals surface area contributed by atoms with Gasteiger partial charge in [-0.05, 0) is 43.2 Å². The molecule has 0 radical (unpaired) electrons. The number of aromatic nitrogens is 3. The van der Waals surface area contributed by atoms with Crippen molar-refractivity contribution in [3.8, 4) is 5.69 Å². The number of halogens is 2. The highest BCUT2D eigenvalue weighted by atomic mass is 19.3. The van der Waals surface area contributed by atoms with Crippen LogP contribution >= 0.6 is 0 Å². The van der Waals surface area contributed by atoms with Crippen LogP contribution in [0.4, 0.5) is 26.1 Å². The summed E-state index contributed by atoms with van der Waals surface area (Å²) in [5, 5.41) is 7.51. The zero-order valence-corrected chi connectivity index (χ0v) is 16.6. The van der Waals surface area contributed by atoms with E-state index in [4.69, 9.17) is 0 Å². The van der Waals surface area contributed by atoms with Gasteiger partial charge in [-0.3, -0.25) is 4.90 Å². The fourth-order valence-corrected chi connectivity index (χ4v) is 3.95. The topological polar surface area (TPSA) is 49.2 Å². The van der Waals surface area contributed by atoms with Gasteiger partial charge in [0, 0.05) is 49.2 Å². The first-order chi connectivity index (χ1) is 14.7. The molecule has 3 aromatic rings. The van der Waals surface area contributed by atoms with E-state index in [1.54, 1.807) is 17.1 Å². The molecule has 0 atom stereocenters. The second-order valence-corrected chi connectivity index (χ2v) is 7.84. The van der Waals surface area contributed by atoms with Gasteiger partial charge in [-0.1, -0.05) is 18.2 Å². The van der Waals surface area contributed by atoms with E-state index in [0.717, 1.165) is 43.6 Å². The molecule has 0 amide bonds. The molecule has 1 saturated carbocycles. The molecule has 0 unspecified atom stereocenters. The first-order valence-electron chi connectivity index (χ1n) is 10.3. The maximum Gasteiger partial charge on any atom is 0.263 e. The summed E-state index contributed by atoms with van der Waals surface area (Å²) in [5.41, 5.74) is 2.27. The molecule has 5 rings (SSSR count). The Morgan fingerprint density at radius 2 is 1.70 bits per heavy atom. The zero-order chi connectivity index (χ0) is 20.5. The Bertz CT molecular complexity index is 994. The van der Waals surface area contributed by atoms with Crippen LogP contribution in [0.25, 0.3) is 5.69 Å². The third-order valence-electron chi connectivity index (χ3n) is 5.70. The number of benzene rings is 2. The van der Waals surface area contributed by atoms with Crippen LogP contribution in [0.5, 0.6) is 0 Å². The first-order valence-corrected chi connectivity index (χ1v) is 10.3. The lowest BCUT2D eigenvalue weighted by Gasteiger charge is -2.36. The molecule has 8 heteroatoms. The summed E-state index contributed by atoms with van der Waals surface area (Å²) in [6, 6.07) is 15.3. The van der Waals surface area contributed by atoms with Gasteiger partial charge in [0.25, 0.3) is 6.43 Å². The lowest BCUT2D eigenvalue weighted by Crippen LogP contribution is -2.47. The second kappa shape index (κ2) is 8.02. The second-order valence-electron chi connectivity index (χ2n) is 7.84. The van der Waals surface area contributed by atoms with E-state index in [-0.39, 0.29) is 5.56 Å². The lowest BCUT2D eigenvalue weighted by atomic mass is 10.1. The van der Waals surface area contributed by atoms with E-state index in [0.29, 0.717) is 11.6 Å². The summed E-state index contributed by atoms with van der Waals surface area (Å²) in [5.74, 6) is 0.370. The monoisotopic (exact) mass is 410 g/mol. The highest BCUT2D eigenvalue weighted by Gasteiger charge is 2.31. The summed E-state index contributed by atoms with van der Waals surface area (Å²) in [6.45, 7) is 3.66. The minimum Gasteiger partial charge on any atom is -0.369 e. The van der Waals surface area contributed by atoms with Gasteiger partial charge in [-0.25, -0.2) is 13.5 Å². The third kappa shape index (κ3) is 4.14. The van der Waals surface area contributed by atoms with Gasteiger partial charge in [0.15, 0.2) is 0 Å². The van der Waals surface area contributed by atoms with E-state index in [9.17, 15) is 8.78 Å². The van der Waals surface area contributed by atoms with Crippen molar-refractivity contribution in [2.75, 3.05) is 36.4 Å². The maximum atomic E-state index is 13.5. The highest BCUT2D eigenvalue weighted by molar-refractivity contribution is 5.64. The molecule has 2 fully saturated rings. The smallest absolute Gasteiger partial charge is 0.263 e. The van der Waals surface area contributed by atoms with Crippen LogP contribution in [-0.2, 0) is 0 Å². The van der Waals surface area contributed by atoms with E-state index < -0.39 is 6.43 Å². The fraction of sp³-hybridized carbons (Fsp3) is 0.364. The summed E-state index contributed by atoms with van der Waals surface area (Å²) in [7, 11) is 0. The highest BCUT2D eigenvalue weighted by Crippen LogP contribution is 2.32. The van der Waals surface area contributed by atoms with E-state index in [1.165, 1.54) is 18.9 Å². The van der Waals surface area contributed by atoms with Crippen molar-refractivity contribution in [3.63, 3.8) is 0 Å². The Morgan fingerprint density at radius 1 is 0.933 bits per heavy atom. The lowest BCUT2D eigenvalue weighted by molar-refractivity contribution is 0.151. The van der Waals surface area contributed by atoms with Gasteiger partial charge < -0.3 is 10.2 Å². The minimum absolute atomic E-state index is 0.00196. The fourth-order valence-electron chi connectivity index (χ4n) is 3.95. The molecular weight excluding hydrogens is 386 g/mol. The molecule has 1 N–H and O–H groups in total. The molecule has 1 aromatic heterocycles. The van der Waals surface area contributed by atoms with Crippen LogP contribution in [0.15, 0.2) is 54.9 Å². The van der Waals surface area contributed by atoms with Crippen LogP contribution in [0.3, 0.4) is 0 Å². The number of para-hydroxylation sites is 1. The number of nitrogens with zero attached hydrogens (tertiary/aromatic N) is 5. The van der Waals surface area contributed by atoms with Crippen molar-refractivity contribution in [3.05, 3.63) is 60.4 Å². The largest absolute Gasteiger partial charge is 0.369 e. The summed E-state index contributed by atoms with van der Waals surface area (Å²) < 4.78 is 28.7. The number of piperazine rings is 1. The Hall–Kier alpha value is -3.00. The Kier molecular flexibility index (Phi) is 5.08. The predicted molar refractivity (Wildman–Crippen MR) is 113 cm³/mol. The number of hydrogen-bond acceptors (Lipinski definition) is 5. The van der Waals surface area contributed by atoms with Gasteiger partial charge in [0.05, 0.1) is 5.69 Å². The van der Waals surface area contributed by atoms with Crippen molar-refractivity contribution in [2.24, 2.45) is 0 Å². The van der Waals surface area contributed by atoms with Crippen molar-refractivity contribution < 1.29 is 8.78 Å². The first kappa shape index (κ1) is 19.0. The molecule has 1 aliphatic carbocycles. The molecule has 2 aliphatic rings. The van der Waals surface area contributed by atoms with Gasteiger partial charge in [-0.2, -0.15) is 4.98 Å². The number of alkyl halides is 2. The van der Waals surface area contributed by atoms with E-state index in [1.807, 2.05) is 36.4 Å². The average Bonchev–Trinajstić information content (AvgIpc) is 3.53. The number of hydrogen-bond donors (Lipinski definition) is 1. The Morgan fingerprint density at radius 3 is 2.40 bits per heavy atom. The van der Waals surface area contributed by atoms with Gasteiger partial charge in [0.2, 0.25) is 5.95 Å². The van der Waals surface area contributed by atoms with Crippen LogP contribution in [0, 0.1) is 0 Å². The van der Waals surface area contributed by atoms with Gasteiger partial charge in [0.1, 0.15) is 6.33 Å². The average molecular weight is 410 g/mol. The third-order valence-corrected chi connectivity index (χ3v) is 5.70. The molecule has 0 bridgehead atoms. The number of rotatable bonds is 6. The standard InChI is InChI=1S/C22H24F2N6/c23-21(24)16-12-17(26-22-25-15-30(27-22)19-4-2-1-3-5-19)14-20(13-16)29-10-8-28(9-11-29)18-6-7-18/h1-5,12-15,18,21H,6-11H2,(H,26,27).